The SMILES string of the molecule is N#Cc1ccc(C2(C#N)CC2)cc1. The molecule has 2 rings (SSSR count). The molecule has 0 spiro atoms. The smallest absolute Gasteiger partial charge is 0.0991 e. The van der Waals surface area contributed by atoms with Crippen molar-refractivity contribution in [2.24, 2.45) is 0 Å². The molecule has 13 heavy (non-hydrogen) atoms. The molecule has 1 aromatic carbocycles. The van der Waals surface area contributed by atoms with E-state index in [-0.39, 0.29) is 5.41 Å². The van der Waals surface area contributed by atoms with Gasteiger partial charge in [-0.15, -0.1) is 0 Å². The lowest BCUT2D eigenvalue weighted by molar-refractivity contribution is 0.908. The van der Waals surface area contributed by atoms with Gasteiger partial charge in [-0.05, 0) is 30.5 Å². The fourth-order valence-electron chi connectivity index (χ4n) is 1.45. The van der Waals surface area contributed by atoms with Crippen LogP contribution < -0.4 is 0 Å². The van der Waals surface area contributed by atoms with Crippen LogP contribution in [0.2, 0.25) is 0 Å². The molecule has 0 bridgehead atoms. The maximum Gasteiger partial charge on any atom is 0.0991 e. The van der Waals surface area contributed by atoms with E-state index in [1.54, 1.807) is 12.1 Å². The van der Waals surface area contributed by atoms with Crippen LogP contribution in [-0.4, -0.2) is 0 Å². The lowest BCUT2D eigenvalue weighted by atomic mass is 9.97. The topological polar surface area (TPSA) is 47.6 Å². The number of hydrogen-bond acceptors (Lipinski definition) is 2. The molecule has 62 valence electrons. The van der Waals surface area contributed by atoms with E-state index in [1.807, 2.05) is 12.1 Å². The van der Waals surface area contributed by atoms with Crippen molar-refractivity contribution in [2.45, 2.75) is 18.3 Å². The highest BCUT2D eigenvalue weighted by molar-refractivity contribution is 5.42. The minimum absolute atomic E-state index is 0.228. The quantitative estimate of drug-likeness (QED) is 0.644. The standard InChI is InChI=1S/C11H8N2/c12-7-9-1-3-10(4-2-9)11(8-13)5-6-11/h1-4H,5-6H2. The molecule has 0 amide bonds. The summed E-state index contributed by atoms with van der Waals surface area (Å²) in [5.74, 6) is 0. The van der Waals surface area contributed by atoms with Gasteiger partial charge in [-0.1, -0.05) is 12.1 Å². The van der Waals surface area contributed by atoms with Gasteiger partial charge in [-0.2, -0.15) is 10.5 Å². The second-order valence-electron chi connectivity index (χ2n) is 3.38. The van der Waals surface area contributed by atoms with Gasteiger partial charge in [0.2, 0.25) is 0 Å². The number of nitrogens with zero attached hydrogens (tertiary/aromatic N) is 2. The number of hydrogen-bond donors (Lipinski definition) is 0. The van der Waals surface area contributed by atoms with Crippen LogP contribution in [0.25, 0.3) is 0 Å². The van der Waals surface area contributed by atoms with E-state index in [0.29, 0.717) is 5.56 Å². The molecule has 0 aliphatic heterocycles. The summed E-state index contributed by atoms with van der Waals surface area (Å²) in [5.41, 5.74) is 1.47. The molecular weight excluding hydrogens is 160 g/mol. The molecule has 2 heteroatoms. The summed E-state index contributed by atoms with van der Waals surface area (Å²) in [4.78, 5) is 0. The van der Waals surface area contributed by atoms with Gasteiger partial charge in [0.1, 0.15) is 0 Å². The Labute approximate surface area is 77.0 Å². The maximum atomic E-state index is 8.92. The van der Waals surface area contributed by atoms with E-state index in [4.69, 9.17) is 10.5 Å². The second kappa shape index (κ2) is 2.61. The van der Waals surface area contributed by atoms with Crippen LogP contribution in [0.4, 0.5) is 0 Å². The average Bonchev–Trinajstić information content (AvgIpc) is 2.99. The van der Waals surface area contributed by atoms with E-state index in [9.17, 15) is 0 Å². The molecule has 1 saturated carbocycles. The van der Waals surface area contributed by atoms with E-state index >= 15 is 0 Å². The molecule has 0 unspecified atom stereocenters. The summed E-state index contributed by atoms with van der Waals surface area (Å²) < 4.78 is 0. The van der Waals surface area contributed by atoms with E-state index in [2.05, 4.69) is 12.1 Å². The Hall–Kier alpha value is -1.80. The summed E-state index contributed by atoms with van der Waals surface area (Å²) in [6.45, 7) is 0. The molecule has 0 N–H and O–H groups in total. The van der Waals surface area contributed by atoms with Crippen molar-refractivity contribution in [1.29, 1.82) is 10.5 Å². The zero-order valence-corrected chi connectivity index (χ0v) is 7.12. The molecule has 0 aromatic heterocycles. The van der Waals surface area contributed by atoms with E-state index in [0.717, 1.165) is 18.4 Å². The fourth-order valence-corrected chi connectivity index (χ4v) is 1.45. The molecule has 0 saturated heterocycles. The Morgan fingerprint density at radius 3 is 2.08 bits per heavy atom. The summed E-state index contributed by atoms with van der Waals surface area (Å²) >= 11 is 0. The number of benzene rings is 1. The van der Waals surface area contributed by atoms with Crippen molar-refractivity contribution in [3.63, 3.8) is 0 Å². The Bertz CT molecular complexity index is 399. The minimum atomic E-state index is -0.228. The van der Waals surface area contributed by atoms with Crippen LogP contribution >= 0.6 is 0 Å². The summed E-state index contributed by atoms with van der Waals surface area (Å²) in [6.07, 6.45) is 1.91. The van der Waals surface area contributed by atoms with Crippen molar-refractivity contribution in [3.05, 3.63) is 35.4 Å². The van der Waals surface area contributed by atoms with Crippen molar-refractivity contribution in [1.82, 2.24) is 0 Å². The third-order valence-corrected chi connectivity index (χ3v) is 2.53. The van der Waals surface area contributed by atoms with Gasteiger partial charge in [0, 0.05) is 0 Å². The Balaban J connectivity index is 2.36. The van der Waals surface area contributed by atoms with Crippen molar-refractivity contribution in [2.75, 3.05) is 0 Å². The van der Waals surface area contributed by atoms with Gasteiger partial charge in [0.05, 0.1) is 23.1 Å². The summed E-state index contributed by atoms with van der Waals surface area (Å²) in [6, 6.07) is 11.7. The minimum Gasteiger partial charge on any atom is -0.197 e. The van der Waals surface area contributed by atoms with Gasteiger partial charge in [-0.3, -0.25) is 0 Å². The Morgan fingerprint density at radius 2 is 1.69 bits per heavy atom. The highest BCUT2D eigenvalue weighted by Gasteiger charge is 2.44. The Kier molecular flexibility index (Phi) is 1.57. The Morgan fingerprint density at radius 1 is 1.08 bits per heavy atom. The van der Waals surface area contributed by atoms with Crippen LogP contribution in [0.5, 0.6) is 0 Å². The highest BCUT2D eigenvalue weighted by atomic mass is 14.5. The molecule has 1 fully saturated rings. The highest BCUT2D eigenvalue weighted by Crippen LogP contribution is 2.47. The van der Waals surface area contributed by atoms with Crippen LogP contribution in [0.1, 0.15) is 24.0 Å². The first-order valence-electron chi connectivity index (χ1n) is 4.23. The molecule has 0 heterocycles. The summed E-state index contributed by atoms with van der Waals surface area (Å²) in [5, 5.41) is 17.5. The predicted molar refractivity (Wildman–Crippen MR) is 47.7 cm³/mol. The first-order valence-corrected chi connectivity index (χ1v) is 4.23. The van der Waals surface area contributed by atoms with Crippen LogP contribution in [-0.2, 0) is 5.41 Å². The largest absolute Gasteiger partial charge is 0.197 e. The summed E-state index contributed by atoms with van der Waals surface area (Å²) in [7, 11) is 0. The lowest BCUT2D eigenvalue weighted by Crippen LogP contribution is -2.01. The van der Waals surface area contributed by atoms with Gasteiger partial charge in [0.25, 0.3) is 0 Å². The molecule has 2 nitrogen and oxygen atoms in total. The fraction of sp³-hybridized carbons (Fsp3) is 0.273. The molecule has 1 aromatic rings. The lowest BCUT2D eigenvalue weighted by Gasteiger charge is -2.04. The zero-order chi connectivity index (χ0) is 9.31. The molecule has 1 aliphatic rings. The van der Waals surface area contributed by atoms with Crippen LogP contribution in [0.3, 0.4) is 0 Å². The monoisotopic (exact) mass is 168 g/mol. The first kappa shape index (κ1) is 7.83. The van der Waals surface area contributed by atoms with Crippen LogP contribution in [0.15, 0.2) is 24.3 Å². The van der Waals surface area contributed by atoms with Gasteiger partial charge in [-0.25, -0.2) is 0 Å². The average molecular weight is 168 g/mol. The predicted octanol–water partition coefficient (Wildman–Crippen LogP) is 2.11. The molecule has 1 aliphatic carbocycles. The van der Waals surface area contributed by atoms with Crippen LogP contribution in [0, 0.1) is 22.7 Å². The van der Waals surface area contributed by atoms with E-state index in [1.165, 1.54) is 0 Å². The van der Waals surface area contributed by atoms with Gasteiger partial charge in [0.15, 0.2) is 0 Å². The van der Waals surface area contributed by atoms with Crippen molar-refractivity contribution >= 4 is 0 Å². The van der Waals surface area contributed by atoms with E-state index < -0.39 is 0 Å². The zero-order valence-electron chi connectivity index (χ0n) is 7.12. The van der Waals surface area contributed by atoms with Crippen molar-refractivity contribution in [3.8, 4) is 12.1 Å². The third kappa shape index (κ3) is 1.17. The molecular formula is C11H8N2. The van der Waals surface area contributed by atoms with Crippen molar-refractivity contribution < 1.29 is 0 Å². The maximum absolute atomic E-state index is 8.92. The first-order chi connectivity index (χ1) is 6.30. The second-order valence-corrected chi connectivity index (χ2v) is 3.38. The molecule has 0 radical (unpaired) electrons. The molecule has 0 atom stereocenters. The normalized spacial score (nSPS) is 17.1. The third-order valence-electron chi connectivity index (χ3n) is 2.53. The number of nitriles is 2. The van der Waals surface area contributed by atoms with Gasteiger partial charge < -0.3 is 0 Å². The number of rotatable bonds is 1. The van der Waals surface area contributed by atoms with Gasteiger partial charge >= 0.3 is 0 Å².